The van der Waals surface area contributed by atoms with Crippen LogP contribution in [-0.4, -0.2) is 60.5 Å². The Labute approximate surface area is 286 Å². The lowest BCUT2D eigenvalue weighted by atomic mass is 10.0. The van der Waals surface area contributed by atoms with Crippen LogP contribution in [0.2, 0.25) is 5.02 Å². The highest BCUT2D eigenvalue weighted by Gasteiger charge is 2.27. The molecule has 48 heavy (non-hydrogen) atoms. The SMILES string of the molecule is C/C=C(/COc1cc2c(Nc3ccc(F)c(Cl)c3)ncnc2cc1OC)NC(CCCCCCC(N)=O)=C(C)C.CN1CC(C(N)=O)C1. The number of primary amides is 2. The van der Waals surface area contributed by atoms with E-state index in [2.05, 4.69) is 39.3 Å². The molecule has 4 rings (SSSR count). The Hall–Kier alpha value is -4.42. The molecule has 11 nitrogen and oxygen atoms in total. The molecule has 13 heteroatoms. The van der Waals surface area contributed by atoms with Crippen LogP contribution >= 0.6 is 11.6 Å². The van der Waals surface area contributed by atoms with Crippen LogP contribution in [0.1, 0.15) is 59.3 Å². The molecule has 1 aliphatic heterocycles. The van der Waals surface area contributed by atoms with E-state index in [0.717, 1.165) is 56.6 Å². The summed E-state index contributed by atoms with van der Waals surface area (Å²) in [4.78, 5) is 32.0. The molecule has 0 unspecified atom stereocenters. The molecule has 3 aromatic rings. The average Bonchev–Trinajstić information content (AvgIpc) is 3.03. The van der Waals surface area contributed by atoms with E-state index in [-0.39, 0.29) is 29.4 Å². The van der Waals surface area contributed by atoms with Crippen molar-refractivity contribution in [2.45, 2.75) is 59.3 Å². The topological polar surface area (TPSA) is 158 Å². The fourth-order valence-electron chi connectivity index (χ4n) is 4.96. The van der Waals surface area contributed by atoms with Crippen LogP contribution in [-0.2, 0) is 9.59 Å². The van der Waals surface area contributed by atoms with Gasteiger partial charge in [0, 0.05) is 48.0 Å². The van der Waals surface area contributed by atoms with Crippen LogP contribution in [0, 0.1) is 11.7 Å². The molecule has 0 radical (unpaired) electrons. The fraction of sp³-hybridized carbons (Fsp3) is 0.429. The number of carbonyl (C=O) groups is 2. The summed E-state index contributed by atoms with van der Waals surface area (Å²) in [5, 5.41) is 7.43. The first-order chi connectivity index (χ1) is 22.9. The number of amides is 2. The second-order valence-electron chi connectivity index (χ2n) is 11.9. The lowest BCUT2D eigenvalue weighted by Crippen LogP contribution is -2.50. The molecule has 6 N–H and O–H groups in total. The summed E-state index contributed by atoms with van der Waals surface area (Å²) in [5.74, 6) is 0.806. The number of nitrogens with one attached hydrogen (secondary N) is 2. The highest BCUT2D eigenvalue weighted by Crippen LogP contribution is 2.35. The van der Waals surface area contributed by atoms with Crippen LogP contribution in [0.15, 0.2) is 59.7 Å². The van der Waals surface area contributed by atoms with Gasteiger partial charge in [0.15, 0.2) is 11.5 Å². The third-order valence-corrected chi connectivity index (χ3v) is 8.11. The molecule has 1 saturated heterocycles. The van der Waals surface area contributed by atoms with Crippen LogP contribution in [0.4, 0.5) is 15.9 Å². The molecule has 0 atom stereocenters. The van der Waals surface area contributed by atoms with Gasteiger partial charge in [0.05, 0.1) is 23.6 Å². The molecule has 1 aromatic heterocycles. The van der Waals surface area contributed by atoms with Crippen LogP contribution in [0.25, 0.3) is 10.9 Å². The molecule has 0 spiro atoms. The van der Waals surface area contributed by atoms with E-state index in [9.17, 15) is 14.0 Å². The number of anilines is 2. The predicted octanol–water partition coefficient (Wildman–Crippen LogP) is 6.20. The summed E-state index contributed by atoms with van der Waals surface area (Å²) in [6, 6.07) is 7.99. The van der Waals surface area contributed by atoms with Gasteiger partial charge < -0.3 is 36.5 Å². The van der Waals surface area contributed by atoms with E-state index in [4.69, 9.17) is 32.5 Å². The number of aromatic nitrogens is 2. The van der Waals surface area contributed by atoms with Crippen molar-refractivity contribution in [3.8, 4) is 11.5 Å². The summed E-state index contributed by atoms with van der Waals surface area (Å²) in [6.45, 7) is 8.10. The summed E-state index contributed by atoms with van der Waals surface area (Å²) >= 11 is 5.95. The maximum Gasteiger partial charge on any atom is 0.223 e. The van der Waals surface area contributed by atoms with Gasteiger partial charge in [-0.05, 0) is 71.3 Å². The molecular formula is C35H47ClFN7O4. The Morgan fingerprint density at radius 1 is 1.06 bits per heavy atom. The largest absolute Gasteiger partial charge is 0.493 e. The monoisotopic (exact) mass is 683 g/mol. The molecule has 2 amide bonds. The number of unbranched alkanes of at least 4 members (excludes halogenated alkanes) is 3. The van der Waals surface area contributed by atoms with Gasteiger partial charge in [-0.2, -0.15) is 0 Å². The molecular weight excluding hydrogens is 637 g/mol. The Morgan fingerprint density at radius 3 is 2.33 bits per heavy atom. The zero-order valence-corrected chi connectivity index (χ0v) is 29.1. The van der Waals surface area contributed by atoms with Crippen LogP contribution < -0.4 is 31.6 Å². The van der Waals surface area contributed by atoms with E-state index >= 15 is 0 Å². The molecule has 0 bridgehead atoms. The number of ether oxygens (including phenoxy) is 2. The van der Waals surface area contributed by atoms with E-state index in [1.54, 1.807) is 19.2 Å². The standard InChI is InChI=1S/C30H37ClFN5O3.C5H10N2O/c1-5-20(36-25(19(2)3)10-8-6-7-9-11-29(33)38)17-40-28-15-22-26(16-27(28)39-4)34-18-35-30(22)37-21-12-13-24(32)23(31)14-21;1-7-2-4(3-7)5(6)8/h5,12-16,18,36H,6-11,17H2,1-4H3,(H2,33,38)(H,34,35,37);4H,2-3H2,1H3,(H2,6,8)/b20-5-;. The van der Waals surface area contributed by atoms with E-state index < -0.39 is 5.82 Å². The summed E-state index contributed by atoms with van der Waals surface area (Å²) in [5.41, 5.74) is 14.7. The third-order valence-electron chi connectivity index (χ3n) is 7.82. The van der Waals surface area contributed by atoms with Crippen LogP contribution in [0.3, 0.4) is 0 Å². The maximum absolute atomic E-state index is 13.6. The minimum absolute atomic E-state index is 0.0132. The quantitative estimate of drug-likeness (QED) is 0.129. The lowest BCUT2D eigenvalue weighted by molar-refractivity contribution is -0.126. The lowest BCUT2D eigenvalue weighted by Gasteiger charge is -2.33. The van der Waals surface area contributed by atoms with Gasteiger partial charge in [-0.1, -0.05) is 36.1 Å². The molecule has 260 valence electrons. The van der Waals surface area contributed by atoms with E-state index in [1.165, 1.54) is 24.0 Å². The Morgan fingerprint density at radius 2 is 1.77 bits per heavy atom. The number of hydrogen-bond donors (Lipinski definition) is 4. The Bertz CT molecular complexity index is 1620. The highest BCUT2D eigenvalue weighted by atomic mass is 35.5. The number of hydrogen-bond acceptors (Lipinski definition) is 9. The second-order valence-corrected chi connectivity index (χ2v) is 12.3. The van der Waals surface area contributed by atoms with Crippen molar-refractivity contribution in [2.75, 3.05) is 39.2 Å². The Kier molecular flexibility index (Phi) is 14.9. The molecule has 0 aliphatic carbocycles. The van der Waals surface area contributed by atoms with Crippen LogP contribution in [0.5, 0.6) is 11.5 Å². The molecule has 2 heterocycles. The van der Waals surface area contributed by atoms with Crippen molar-refractivity contribution in [1.29, 1.82) is 0 Å². The van der Waals surface area contributed by atoms with Crippen molar-refractivity contribution in [2.24, 2.45) is 17.4 Å². The fourth-order valence-corrected chi connectivity index (χ4v) is 5.14. The minimum Gasteiger partial charge on any atom is -0.493 e. The molecule has 2 aromatic carbocycles. The zero-order chi connectivity index (χ0) is 35.2. The minimum atomic E-state index is -0.495. The van der Waals surface area contributed by atoms with E-state index in [1.807, 2.05) is 26.1 Å². The van der Waals surface area contributed by atoms with Gasteiger partial charge in [0.1, 0.15) is 24.6 Å². The number of nitrogens with two attached hydrogens (primary N) is 2. The number of rotatable bonds is 16. The van der Waals surface area contributed by atoms with Gasteiger partial charge in [-0.3, -0.25) is 9.59 Å². The normalized spacial score (nSPS) is 13.2. The number of fused-ring (bicyclic) bond motifs is 1. The Balaban J connectivity index is 0.000000681. The van der Waals surface area contributed by atoms with Gasteiger partial charge in [0.25, 0.3) is 0 Å². The van der Waals surface area contributed by atoms with Gasteiger partial charge in [-0.25, -0.2) is 14.4 Å². The van der Waals surface area contributed by atoms with Crippen molar-refractivity contribution in [3.63, 3.8) is 0 Å². The number of likely N-dealkylation sites (tertiary alicyclic amines) is 1. The van der Waals surface area contributed by atoms with Gasteiger partial charge in [0.2, 0.25) is 11.8 Å². The summed E-state index contributed by atoms with van der Waals surface area (Å²) in [7, 11) is 3.55. The smallest absolute Gasteiger partial charge is 0.223 e. The van der Waals surface area contributed by atoms with Crippen molar-refractivity contribution in [3.05, 3.63) is 70.5 Å². The first-order valence-corrected chi connectivity index (χ1v) is 16.3. The number of allylic oxidation sites excluding steroid dienone is 3. The second kappa shape index (κ2) is 18.8. The summed E-state index contributed by atoms with van der Waals surface area (Å²) < 4.78 is 25.4. The highest BCUT2D eigenvalue weighted by molar-refractivity contribution is 6.31. The number of nitrogens with zero attached hydrogens (tertiary/aromatic N) is 3. The number of methoxy groups -OCH3 is 1. The van der Waals surface area contributed by atoms with Gasteiger partial charge in [-0.15, -0.1) is 0 Å². The number of halogens is 2. The molecule has 0 saturated carbocycles. The average molecular weight is 684 g/mol. The van der Waals surface area contributed by atoms with E-state index in [0.29, 0.717) is 40.3 Å². The summed E-state index contributed by atoms with van der Waals surface area (Å²) in [6.07, 6.45) is 8.62. The van der Waals surface area contributed by atoms with Crippen molar-refractivity contribution in [1.82, 2.24) is 20.2 Å². The third kappa shape index (κ3) is 11.7. The first-order valence-electron chi connectivity index (χ1n) is 15.9. The predicted molar refractivity (Wildman–Crippen MR) is 189 cm³/mol. The molecule has 1 aliphatic rings. The number of benzene rings is 2. The van der Waals surface area contributed by atoms with Crippen molar-refractivity contribution < 1.29 is 23.5 Å². The first kappa shape index (κ1) is 38.0. The van der Waals surface area contributed by atoms with Crippen molar-refractivity contribution >= 4 is 45.8 Å². The molecule has 1 fully saturated rings. The number of carbonyl (C=O) groups excluding carboxylic acids is 2. The maximum atomic E-state index is 13.6. The zero-order valence-electron chi connectivity index (χ0n) is 28.4. The van der Waals surface area contributed by atoms with Gasteiger partial charge >= 0.3 is 0 Å².